The third-order valence-corrected chi connectivity index (χ3v) is 6.00. The molecule has 134 valence electrons. The Bertz CT molecular complexity index is 587. The van der Waals surface area contributed by atoms with Crippen LogP contribution in [0.2, 0.25) is 5.02 Å². The van der Waals surface area contributed by atoms with Crippen LogP contribution in [-0.4, -0.2) is 54.0 Å². The molecule has 24 heavy (non-hydrogen) atoms. The Balaban J connectivity index is 2.14. The van der Waals surface area contributed by atoms with Crippen LogP contribution in [-0.2, 0) is 4.79 Å². The molecular formula is C16H22BrClN2O3S. The molecule has 5 nitrogen and oxygen atoms in total. The number of ether oxygens (including phenoxy) is 1. The molecule has 0 radical (unpaired) electrons. The molecule has 2 rings (SSSR count). The lowest BCUT2D eigenvalue weighted by Gasteiger charge is -2.21. The van der Waals surface area contributed by atoms with Crippen molar-refractivity contribution in [3.05, 3.63) is 27.2 Å². The molecule has 0 spiro atoms. The third kappa shape index (κ3) is 5.02. The van der Waals surface area contributed by atoms with E-state index in [2.05, 4.69) is 40.0 Å². The highest BCUT2D eigenvalue weighted by Crippen LogP contribution is 2.42. The van der Waals surface area contributed by atoms with Gasteiger partial charge in [-0.3, -0.25) is 10.1 Å². The Hall–Kier alpha value is -0.470. The Morgan fingerprint density at radius 2 is 2.21 bits per heavy atom. The van der Waals surface area contributed by atoms with Crippen molar-refractivity contribution in [3.8, 4) is 5.75 Å². The number of carboxylic acid groups (broad SMARTS) is 1. The molecule has 1 heterocycles. The monoisotopic (exact) mass is 436 g/mol. The van der Waals surface area contributed by atoms with E-state index >= 15 is 0 Å². The Morgan fingerprint density at radius 3 is 2.79 bits per heavy atom. The molecule has 1 aliphatic heterocycles. The summed E-state index contributed by atoms with van der Waals surface area (Å²) in [5.74, 6) is 0.404. The minimum Gasteiger partial charge on any atom is -0.491 e. The molecule has 0 aliphatic carbocycles. The summed E-state index contributed by atoms with van der Waals surface area (Å²) in [5, 5.41) is 12.7. The zero-order valence-electron chi connectivity index (χ0n) is 13.7. The molecule has 0 bridgehead atoms. The highest BCUT2D eigenvalue weighted by atomic mass is 79.9. The fourth-order valence-electron chi connectivity index (χ4n) is 2.54. The fourth-order valence-corrected chi connectivity index (χ4v) is 4.72. The molecule has 2 N–H and O–H groups in total. The van der Waals surface area contributed by atoms with Crippen LogP contribution in [0.15, 0.2) is 16.6 Å². The highest BCUT2D eigenvalue weighted by Gasteiger charge is 2.32. The van der Waals surface area contributed by atoms with Crippen LogP contribution in [0.5, 0.6) is 5.75 Å². The zero-order chi connectivity index (χ0) is 17.7. The number of halogens is 2. The summed E-state index contributed by atoms with van der Waals surface area (Å²) >= 11 is 11.2. The Labute approximate surface area is 160 Å². The summed E-state index contributed by atoms with van der Waals surface area (Å²) in [6.45, 7) is 7.61. The smallest absolute Gasteiger partial charge is 0.321 e. The van der Waals surface area contributed by atoms with E-state index in [1.807, 2.05) is 6.07 Å². The van der Waals surface area contributed by atoms with E-state index in [1.165, 1.54) is 0 Å². The van der Waals surface area contributed by atoms with Gasteiger partial charge in [-0.2, -0.15) is 0 Å². The molecule has 1 saturated heterocycles. The van der Waals surface area contributed by atoms with Gasteiger partial charge in [0.25, 0.3) is 0 Å². The van der Waals surface area contributed by atoms with Gasteiger partial charge in [-0.1, -0.05) is 25.4 Å². The average Bonchev–Trinajstić information content (AvgIpc) is 3.03. The van der Waals surface area contributed by atoms with E-state index < -0.39 is 12.0 Å². The number of nitrogens with one attached hydrogen (secondary N) is 1. The largest absolute Gasteiger partial charge is 0.491 e. The van der Waals surface area contributed by atoms with E-state index in [0.717, 1.165) is 35.4 Å². The van der Waals surface area contributed by atoms with E-state index in [9.17, 15) is 4.79 Å². The number of rotatable bonds is 8. The van der Waals surface area contributed by atoms with E-state index in [0.29, 0.717) is 17.4 Å². The molecule has 0 amide bonds. The summed E-state index contributed by atoms with van der Waals surface area (Å²) in [5.41, 5.74) is 0.877. The molecule has 8 heteroatoms. The number of thioether (sulfide) groups is 1. The number of nitrogens with zero attached hydrogens (tertiary/aromatic N) is 1. The van der Waals surface area contributed by atoms with E-state index in [4.69, 9.17) is 21.4 Å². The summed E-state index contributed by atoms with van der Waals surface area (Å²) < 4.78 is 6.80. The first-order chi connectivity index (χ1) is 11.5. The van der Waals surface area contributed by atoms with Crippen LogP contribution < -0.4 is 10.1 Å². The van der Waals surface area contributed by atoms with Crippen LogP contribution >= 0.6 is 39.3 Å². The molecular weight excluding hydrogens is 416 g/mol. The van der Waals surface area contributed by atoms with Crippen molar-refractivity contribution < 1.29 is 14.6 Å². The molecule has 1 aromatic carbocycles. The second-order valence-electron chi connectivity index (χ2n) is 5.45. The van der Waals surface area contributed by atoms with Gasteiger partial charge in [0.05, 0.1) is 9.85 Å². The van der Waals surface area contributed by atoms with Crippen LogP contribution in [0.4, 0.5) is 0 Å². The van der Waals surface area contributed by atoms with Crippen molar-refractivity contribution in [2.45, 2.75) is 25.3 Å². The van der Waals surface area contributed by atoms with Gasteiger partial charge in [0.2, 0.25) is 0 Å². The minimum atomic E-state index is -0.838. The minimum absolute atomic E-state index is 0.149. The molecule has 0 aromatic heterocycles. The normalized spacial score (nSPS) is 20.5. The molecule has 0 saturated carbocycles. The average molecular weight is 438 g/mol. The number of hydrogen-bond acceptors (Lipinski definition) is 5. The van der Waals surface area contributed by atoms with Gasteiger partial charge < -0.3 is 14.7 Å². The number of hydrogen-bond donors (Lipinski definition) is 2. The first-order valence-electron chi connectivity index (χ1n) is 7.90. The SMILES string of the molecule is CCN(CC)CCOc1c(Br)cc(Cl)cc1C1NC(C(=O)O)CS1. The maximum absolute atomic E-state index is 11.2. The van der Waals surface area contributed by atoms with Crippen molar-refractivity contribution in [3.63, 3.8) is 0 Å². The van der Waals surface area contributed by atoms with Crippen LogP contribution in [0.25, 0.3) is 0 Å². The third-order valence-electron chi connectivity index (χ3n) is 3.95. The van der Waals surface area contributed by atoms with Crippen molar-refractivity contribution >= 4 is 45.3 Å². The first kappa shape index (κ1) is 19.8. The van der Waals surface area contributed by atoms with Crippen LogP contribution in [0, 0.1) is 0 Å². The summed E-state index contributed by atoms with van der Waals surface area (Å²) in [7, 11) is 0. The number of carbonyl (C=O) groups is 1. The van der Waals surface area contributed by atoms with Gasteiger partial charge in [0.15, 0.2) is 0 Å². The second-order valence-corrected chi connectivity index (χ2v) is 7.88. The maximum atomic E-state index is 11.2. The van der Waals surface area contributed by atoms with E-state index in [-0.39, 0.29) is 5.37 Å². The Morgan fingerprint density at radius 1 is 1.50 bits per heavy atom. The van der Waals surface area contributed by atoms with Crippen LogP contribution in [0.1, 0.15) is 24.8 Å². The van der Waals surface area contributed by atoms with Crippen molar-refractivity contribution in [2.24, 2.45) is 0 Å². The standard InChI is InChI=1S/C16H22BrClN2O3S/c1-3-20(4-2)5-6-23-14-11(7-10(18)8-12(14)17)15-19-13(9-24-15)16(21)22/h7-8,13,15,19H,3-6,9H2,1-2H3,(H,21,22). The number of aliphatic carboxylic acids is 1. The summed E-state index contributed by atoms with van der Waals surface area (Å²) in [4.78, 5) is 13.4. The molecule has 2 unspecified atom stereocenters. The molecule has 1 aromatic rings. The van der Waals surface area contributed by atoms with Gasteiger partial charge >= 0.3 is 5.97 Å². The number of benzene rings is 1. The van der Waals surface area contributed by atoms with Gasteiger partial charge in [0, 0.05) is 22.9 Å². The van der Waals surface area contributed by atoms with Gasteiger partial charge in [-0.25, -0.2) is 0 Å². The predicted molar refractivity (Wildman–Crippen MR) is 102 cm³/mol. The summed E-state index contributed by atoms with van der Waals surface area (Å²) in [6, 6.07) is 3.08. The fraction of sp³-hybridized carbons (Fsp3) is 0.562. The zero-order valence-corrected chi connectivity index (χ0v) is 16.9. The van der Waals surface area contributed by atoms with Gasteiger partial charge in [-0.15, -0.1) is 11.8 Å². The van der Waals surface area contributed by atoms with E-state index in [1.54, 1.807) is 17.8 Å². The lowest BCUT2D eigenvalue weighted by molar-refractivity contribution is -0.138. The number of likely N-dealkylation sites (N-methyl/N-ethyl adjacent to an activating group) is 1. The number of carboxylic acids is 1. The van der Waals surface area contributed by atoms with Crippen molar-refractivity contribution in [1.29, 1.82) is 0 Å². The molecule has 1 fully saturated rings. The van der Waals surface area contributed by atoms with Gasteiger partial charge in [0.1, 0.15) is 18.4 Å². The maximum Gasteiger partial charge on any atom is 0.321 e. The van der Waals surface area contributed by atoms with Gasteiger partial charge in [-0.05, 0) is 41.2 Å². The topological polar surface area (TPSA) is 61.8 Å². The lowest BCUT2D eigenvalue weighted by atomic mass is 10.2. The van der Waals surface area contributed by atoms with Crippen molar-refractivity contribution in [1.82, 2.24) is 10.2 Å². The second kappa shape index (κ2) is 9.29. The Kier molecular flexibility index (Phi) is 7.68. The molecule has 2 atom stereocenters. The summed E-state index contributed by atoms with van der Waals surface area (Å²) in [6.07, 6.45) is 0. The lowest BCUT2D eigenvalue weighted by Crippen LogP contribution is -2.34. The predicted octanol–water partition coefficient (Wildman–Crippen LogP) is 3.61. The van der Waals surface area contributed by atoms with Crippen LogP contribution in [0.3, 0.4) is 0 Å². The quantitative estimate of drug-likeness (QED) is 0.648. The first-order valence-corrected chi connectivity index (χ1v) is 10.1. The molecule has 1 aliphatic rings. The highest BCUT2D eigenvalue weighted by molar-refractivity contribution is 9.10. The van der Waals surface area contributed by atoms with Crippen molar-refractivity contribution in [2.75, 3.05) is 32.0 Å².